The zero-order valence-electron chi connectivity index (χ0n) is 23.3. The number of carbonyl (C=O) groups excluding carboxylic acids is 3. The molecular weight excluding hydrogens is 516 g/mol. The van der Waals surface area contributed by atoms with Gasteiger partial charge in [0.1, 0.15) is 28.0 Å². The van der Waals surface area contributed by atoms with Gasteiger partial charge in [-0.1, -0.05) is 44.2 Å². The number of sulfone groups is 1. The summed E-state index contributed by atoms with van der Waals surface area (Å²) in [6, 6.07) is 8.81. The van der Waals surface area contributed by atoms with Crippen molar-refractivity contribution in [2.45, 2.75) is 58.2 Å². The SMILES string of the molecule is Cc1ccc(C(C(=O)N(C)CCS(C)(=O)=O)N2C(=O)C(C3Cc4ccccc4C3)NC(=O)C2CC(C)C)cn1. The minimum Gasteiger partial charge on any atom is -0.343 e. The van der Waals surface area contributed by atoms with E-state index in [9.17, 15) is 22.8 Å². The molecule has 1 aliphatic heterocycles. The highest BCUT2D eigenvalue weighted by molar-refractivity contribution is 7.90. The Bertz CT molecular complexity index is 1320. The van der Waals surface area contributed by atoms with Crippen LogP contribution < -0.4 is 5.32 Å². The second-order valence-electron chi connectivity index (χ2n) is 11.3. The lowest BCUT2D eigenvalue weighted by molar-refractivity contribution is -0.160. The van der Waals surface area contributed by atoms with Gasteiger partial charge in [-0.2, -0.15) is 0 Å². The van der Waals surface area contributed by atoms with Gasteiger partial charge in [0.15, 0.2) is 0 Å². The molecule has 10 heteroatoms. The van der Waals surface area contributed by atoms with Crippen molar-refractivity contribution in [1.29, 1.82) is 0 Å². The van der Waals surface area contributed by atoms with Crippen molar-refractivity contribution in [3.8, 4) is 0 Å². The molecule has 1 fully saturated rings. The predicted octanol–water partition coefficient (Wildman–Crippen LogP) is 2.09. The number of fused-ring (bicyclic) bond motifs is 1. The maximum atomic E-state index is 14.4. The average Bonchev–Trinajstić information content (AvgIpc) is 3.30. The summed E-state index contributed by atoms with van der Waals surface area (Å²) >= 11 is 0. The molecule has 0 bridgehead atoms. The number of aryl methyl sites for hydroxylation is 1. The molecule has 1 aliphatic carbocycles. The molecular formula is C29H38N4O5S. The summed E-state index contributed by atoms with van der Waals surface area (Å²) in [5.41, 5.74) is 3.56. The quantitative estimate of drug-likeness (QED) is 0.507. The van der Waals surface area contributed by atoms with Crippen LogP contribution in [0.15, 0.2) is 42.6 Å². The number of carbonyl (C=O) groups is 3. The van der Waals surface area contributed by atoms with E-state index < -0.39 is 33.9 Å². The Hall–Kier alpha value is -3.27. The number of nitrogens with zero attached hydrogens (tertiary/aromatic N) is 3. The molecule has 2 aromatic rings. The Morgan fingerprint density at radius 3 is 2.31 bits per heavy atom. The summed E-state index contributed by atoms with van der Waals surface area (Å²) in [5.74, 6) is -1.28. The summed E-state index contributed by atoms with van der Waals surface area (Å²) in [5, 5.41) is 3.01. The van der Waals surface area contributed by atoms with Crippen LogP contribution in [0.1, 0.15) is 48.7 Å². The van der Waals surface area contributed by atoms with E-state index in [4.69, 9.17) is 0 Å². The standard InChI is InChI=1S/C29H38N4O5S/c1-18(2)14-24-27(34)31-25(23-15-20-8-6-7-9-21(20)16-23)28(35)33(24)26(22-11-10-19(3)30-17-22)29(36)32(4)12-13-39(5,37)38/h6-11,17-18,23-26H,12-16H2,1-5H3,(H,31,34). The van der Waals surface area contributed by atoms with Crippen molar-refractivity contribution in [3.63, 3.8) is 0 Å². The van der Waals surface area contributed by atoms with E-state index >= 15 is 0 Å². The zero-order valence-corrected chi connectivity index (χ0v) is 24.1. The Balaban J connectivity index is 1.75. The molecule has 39 heavy (non-hydrogen) atoms. The number of aromatic nitrogens is 1. The Morgan fingerprint density at radius 1 is 1.13 bits per heavy atom. The number of likely N-dealkylation sites (N-methyl/N-ethyl adjacent to an activating group) is 1. The summed E-state index contributed by atoms with van der Waals surface area (Å²) in [6.45, 7) is 5.74. The minimum absolute atomic E-state index is 0.0299. The zero-order chi connectivity index (χ0) is 28.5. The molecule has 1 aromatic carbocycles. The van der Waals surface area contributed by atoms with E-state index in [1.165, 1.54) is 16.8 Å². The molecule has 0 spiro atoms. The van der Waals surface area contributed by atoms with Crippen LogP contribution in [-0.4, -0.2) is 78.6 Å². The molecule has 210 valence electrons. The predicted molar refractivity (Wildman–Crippen MR) is 148 cm³/mol. The first-order valence-corrected chi connectivity index (χ1v) is 15.5. The highest BCUT2D eigenvalue weighted by Crippen LogP contribution is 2.35. The van der Waals surface area contributed by atoms with Gasteiger partial charge < -0.3 is 15.1 Å². The molecule has 1 N–H and O–H groups in total. The van der Waals surface area contributed by atoms with Crippen LogP contribution in [0.3, 0.4) is 0 Å². The second kappa shape index (κ2) is 11.5. The second-order valence-corrected chi connectivity index (χ2v) is 13.6. The molecule has 4 rings (SSSR count). The van der Waals surface area contributed by atoms with E-state index in [-0.39, 0.29) is 35.9 Å². The van der Waals surface area contributed by atoms with Crippen LogP contribution in [0.2, 0.25) is 0 Å². The van der Waals surface area contributed by atoms with Gasteiger partial charge >= 0.3 is 0 Å². The molecule has 0 saturated carbocycles. The Labute approximate surface area is 230 Å². The van der Waals surface area contributed by atoms with Crippen LogP contribution in [0.5, 0.6) is 0 Å². The van der Waals surface area contributed by atoms with Gasteiger partial charge in [-0.15, -0.1) is 0 Å². The molecule has 0 radical (unpaired) electrons. The maximum Gasteiger partial charge on any atom is 0.249 e. The number of amides is 3. The van der Waals surface area contributed by atoms with E-state index in [1.807, 2.05) is 45.0 Å². The first kappa shape index (κ1) is 28.7. The smallest absolute Gasteiger partial charge is 0.249 e. The molecule has 2 heterocycles. The molecule has 1 aromatic heterocycles. The lowest BCUT2D eigenvalue weighted by Crippen LogP contribution is -2.67. The van der Waals surface area contributed by atoms with E-state index in [2.05, 4.69) is 10.3 Å². The average molecular weight is 555 g/mol. The minimum atomic E-state index is -3.32. The largest absolute Gasteiger partial charge is 0.343 e. The molecule has 3 atom stereocenters. The van der Waals surface area contributed by atoms with Crippen molar-refractivity contribution in [1.82, 2.24) is 20.1 Å². The normalized spacial score (nSPS) is 20.6. The van der Waals surface area contributed by atoms with Gasteiger partial charge in [0.05, 0.1) is 5.75 Å². The number of rotatable bonds is 9. The van der Waals surface area contributed by atoms with Gasteiger partial charge in [0.25, 0.3) is 0 Å². The lowest BCUT2D eigenvalue weighted by Gasteiger charge is -2.45. The number of piperazine rings is 1. The molecule has 9 nitrogen and oxygen atoms in total. The number of nitrogens with one attached hydrogen (secondary N) is 1. The number of pyridine rings is 1. The summed E-state index contributed by atoms with van der Waals surface area (Å²) in [4.78, 5) is 49.2. The van der Waals surface area contributed by atoms with Gasteiger partial charge in [0, 0.05) is 37.3 Å². The molecule has 3 unspecified atom stereocenters. The van der Waals surface area contributed by atoms with Crippen LogP contribution in [0, 0.1) is 18.8 Å². The topological polar surface area (TPSA) is 117 Å². The first-order valence-electron chi connectivity index (χ1n) is 13.4. The van der Waals surface area contributed by atoms with Crippen molar-refractivity contribution in [3.05, 3.63) is 65.0 Å². The Kier molecular flexibility index (Phi) is 8.44. The van der Waals surface area contributed by atoms with Crippen LogP contribution in [0.25, 0.3) is 0 Å². The van der Waals surface area contributed by atoms with Gasteiger partial charge in [0.2, 0.25) is 17.7 Å². The number of benzene rings is 1. The third-order valence-electron chi connectivity index (χ3n) is 7.64. The molecule has 3 amide bonds. The van der Waals surface area contributed by atoms with Gasteiger partial charge in [-0.05, 0) is 55.2 Å². The van der Waals surface area contributed by atoms with E-state index in [0.29, 0.717) is 24.8 Å². The fraction of sp³-hybridized carbons (Fsp3) is 0.517. The maximum absolute atomic E-state index is 14.4. The molecule has 2 aliphatic rings. The molecule has 1 saturated heterocycles. The van der Waals surface area contributed by atoms with Crippen molar-refractivity contribution in [2.75, 3.05) is 25.6 Å². The highest BCUT2D eigenvalue weighted by atomic mass is 32.2. The van der Waals surface area contributed by atoms with Crippen molar-refractivity contribution < 1.29 is 22.8 Å². The lowest BCUT2D eigenvalue weighted by atomic mass is 9.88. The summed E-state index contributed by atoms with van der Waals surface area (Å²) in [6.07, 6.45) is 4.39. The van der Waals surface area contributed by atoms with Crippen LogP contribution in [-0.2, 0) is 37.1 Å². The van der Waals surface area contributed by atoms with Gasteiger partial charge in [-0.3, -0.25) is 19.4 Å². The summed E-state index contributed by atoms with van der Waals surface area (Å²) in [7, 11) is -1.79. The fourth-order valence-corrected chi connectivity index (χ4v) is 6.16. The van der Waals surface area contributed by atoms with Crippen LogP contribution in [0.4, 0.5) is 0 Å². The van der Waals surface area contributed by atoms with Gasteiger partial charge in [-0.25, -0.2) is 8.42 Å². The monoisotopic (exact) mass is 554 g/mol. The van der Waals surface area contributed by atoms with E-state index in [0.717, 1.165) is 23.1 Å². The third-order valence-corrected chi connectivity index (χ3v) is 8.57. The third kappa shape index (κ3) is 6.49. The fourth-order valence-electron chi connectivity index (χ4n) is 5.56. The van der Waals surface area contributed by atoms with Crippen LogP contribution >= 0.6 is 0 Å². The summed E-state index contributed by atoms with van der Waals surface area (Å²) < 4.78 is 23.6. The first-order chi connectivity index (χ1) is 18.4. The van der Waals surface area contributed by atoms with Crippen molar-refractivity contribution >= 4 is 27.6 Å². The van der Waals surface area contributed by atoms with E-state index in [1.54, 1.807) is 18.3 Å². The Morgan fingerprint density at radius 2 is 1.77 bits per heavy atom. The number of hydrogen-bond donors (Lipinski definition) is 1. The number of hydrogen-bond acceptors (Lipinski definition) is 6. The van der Waals surface area contributed by atoms with Crippen molar-refractivity contribution in [2.24, 2.45) is 11.8 Å². The highest BCUT2D eigenvalue weighted by Gasteiger charge is 2.50.